The van der Waals surface area contributed by atoms with Crippen LogP contribution in [-0.4, -0.2) is 46.4 Å². The molecule has 0 radical (unpaired) electrons. The maximum Gasteiger partial charge on any atom is 0.191 e. The molecule has 2 aromatic rings. The van der Waals surface area contributed by atoms with Gasteiger partial charge < -0.3 is 25.0 Å². The summed E-state index contributed by atoms with van der Waals surface area (Å²) in [5.41, 5.74) is 2.34. The number of ether oxygens (including phenoxy) is 2. The van der Waals surface area contributed by atoms with Crippen LogP contribution in [0, 0.1) is 0 Å². The number of para-hydroxylation sites is 1. The van der Waals surface area contributed by atoms with Gasteiger partial charge in [-0.1, -0.05) is 34.1 Å². The molecule has 0 spiro atoms. The number of nitrogens with one attached hydrogen (secondary N) is 2. The molecule has 2 aromatic carbocycles. The summed E-state index contributed by atoms with van der Waals surface area (Å²) in [7, 11) is 5.07. The number of aliphatic imine (C=N–C) groups is 1. The van der Waals surface area contributed by atoms with Gasteiger partial charge in [-0.25, -0.2) is 0 Å². The summed E-state index contributed by atoms with van der Waals surface area (Å²) in [6, 6.07) is 14.8. The highest BCUT2D eigenvalue weighted by Crippen LogP contribution is 2.33. The van der Waals surface area contributed by atoms with Crippen LogP contribution in [0.25, 0.3) is 0 Å². The molecular formula is C21H27BrN4O2. The zero-order chi connectivity index (χ0) is 19.9. The number of rotatable bonds is 6. The van der Waals surface area contributed by atoms with Crippen LogP contribution < -0.4 is 25.0 Å². The Morgan fingerprint density at radius 2 is 1.89 bits per heavy atom. The fourth-order valence-corrected chi connectivity index (χ4v) is 3.81. The second kappa shape index (κ2) is 9.68. The lowest BCUT2D eigenvalue weighted by Crippen LogP contribution is -2.44. The number of halogens is 1. The van der Waals surface area contributed by atoms with Crippen molar-refractivity contribution in [3.63, 3.8) is 0 Å². The fourth-order valence-electron chi connectivity index (χ4n) is 3.35. The minimum absolute atomic E-state index is 0.361. The van der Waals surface area contributed by atoms with Gasteiger partial charge in [0.25, 0.3) is 0 Å². The third kappa shape index (κ3) is 4.90. The van der Waals surface area contributed by atoms with Crippen LogP contribution in [0.2, 0.25) is 0 Å². The van der Waals surface area contributed by atoms with Gasteiger partial charge in [0.15, 0.2) is 17.5 Å². The fraction of sp³-hybridized carbons (Fsp3) is 0.381. The van der Waals surface area contributed by atoms with Gasteiger partial charge in [-0.15, -0.1) is 0 Å². The molecule has 3 rings (SSSR count). The summed E-state index contributed by atoms with van der Waals surface area (Å²) in [5, 5.41) is 6.92. The molecule has 1 atom stereocenters. The lowest BCUT2D eigenvalue weighted by Gasteiger charge is -2.20. The maximum absolute atomic E-state index is 5.40. The Bertz CT molecular complexity index is 814. The Morgan fingerprint density at radius 3 is 2.57 bits per heavy atom. The van der Waals surface area contributed by atoms with Gasteiger partial charge >= 0.3 is 0 Å². The van der Waals surface area contributed by atoms with Crippen LogP contribution in [0.1, 0.15) is 12.0 Å². The second-order valence-electron chi connectivity index (χ2n) is 6.64. The number of anilines is 1. The van der Waals surface area contributed by atoms with Gasteiger partial charge in [0.2, 0.25) is 0 Å². The Hall–Kier alpha value is -2.41. The summed E-state index contributed by atoms with van der Waals surface area (Å²) in [4.78, 5) is 6.77. The Balaban J connectivity index is 1.57. The van der Waals surface area contributed by atoms with Crippen LogP contribution in [0.3, 0.4) is 0 Å². The molecule has 1 saturated heterocycles. The van der Waals surface area contributed by atoms with Crippen molar-refractivity contribution < 1.29 is 9.47 Å². The van der Waals surface area contributed by atoms with Crippen LogP contribution in [-0.2, 0) is 6.54 Å². The number of methoxy groups -OCH3 is 2. The molecule has 2 N–H and O–H groups in total. The molecule has 28 heavy (non-hydrogen) atoms. The first kappa shape index (κ1) is 20.3. The Morgan fingerprint density at radius 1 is 1.18 bits per heavy atom. The summed E-state index contributed by atoms with van der Waals surface area (Å²) in [6.07, 6.45) is 1.08. The van der Waals surface area contributed by atoms with Gasteiger partial charge in [0.05, 0.1) is 14.2 Å². The highest BCUT2D eigenvalue weighted by Gasteiger charge is 2.23. The molecule has 1 aliphatic heterocycles. The van der Waals surface area contributed by atoms with Crippen LogP contribution in [0.5, 0.6) is 11.5 Å². The van der Waals surface area contributed by atoms with E-state index in [-0.39, 0.29) is 0 Å². The molecule has 6 nitrogen and oxygen atoms in total. The van der Waals surface area contributed by atoms with Crippen molar-refractivity contribution in [1.29, 1.82) is 0 Å². The summed E-state index contributed by atoms with van der Waals surface area (Å²) < 4.78 is 11.7. The lowest BCUT2D eigenvalue weighted by atomic mass is 10.2. The van der Waals surface area contributed by atoms with E-state index in [2.05, 4.69) is 60.7 Å². The Kier molecular flexibility index (Phi) is 7.03. The summed E-state index contributed by atoms with van der Waals surface area (Å²) in [5.74, 6) is 2.20. The van der Waals surface area contributed by atoms with Crippen LogP contribution >= 0.6 is 15.9 Å². The Labute approximate surface area is 175 Å². The molecule has 0 bridgehead atoms. The zero-order valence-electron chi connectivity index (χ0n) is 16.5. The third-order valence-electron chi connectivity index (χ3n) is 4.87. The van der Waals surface area contributed by atoms with E-state index in [1.165, 1.54) is 5.69 Å². The average Bonchev–Trinajstić information content (AvgIpc) is 3.20. The first-order chi connectivity index (χ1) is 13.6. The topological polar surface area (TPSA) is 58.1 Å². The molecule has 0 aromatic heterocycles. The lowest BCUT2D eigenvalue weighted by molar-refractivity contribution is 0.354. The highest BCUT2D eigenvalue weighted by atomic mass is 79.9. The molecule has 1 fully saturated rings. The summed E-state index contributed by atoms with van der Waals surface area (Å²) in [6.45, 7) is 2.63. The van der Waals surface area contributed by atoms with E-state index >= 15 is 0 Å². The summed E-state index contributed by atoms with van der Waals surface area (Å²) >= 11 is 3.60. The predicted molar refractivity (Wildman–Crippen MR) is 118 cm³/mol. The van der Waals surface area contributed by atoms with Crippen molar-refractivity contribution in [3.05, 3.63) is 52.5 Å². The largest absolute Gasteiger partial charge is 0.493 e. The first-order valence-corrected chi connectivity index (χ1v) is 10.1. The zero-order valence-corrected chi connectivity index (χ0v) is 18.1. The van der Waals surface area contributed by atoms with Gasteiger partial charge in [-0.3, -0.25) is 4.99 Å². The third-order valence-corrected chi connectivity index (χ3v) is 5.61. The quantitative estimate of drug-likeness (QED) is 0.525. The average molecular weight is 447 g/mol. The molecule has 0 saturated carbocycles. The number of benzene rings is 2. The normalized spacial score (nSPS) is 16.8. The van der Waals surface area contributed by atoms with Gasteiger partial charge in [-0.2, -0.15) is 0 Å². The molecule has 1 unspecified atom stereocenters. The SMILES string of the molecule is CN=C(NCc1cc(OC)c(OC)cc1Br)NC1CCN(c2ccccc2)C1. The van der Waals surface area contributed by atoms with E-state index in [4.69, 9.17) is 9.47 Å². The smallest absolute Gasteiger partial charge is 0.191 e. The minimum Gasteiger partial charge on any atom is -0.493 e. The van der Waals surface area contributed by atoms with Gasteiger partial charge in [0.1, 0.15) is 0 Å². The van der Waals surface area contributed by atoms with E-state index < -0.39 is 0 Å². The first-order valence-electron chi connectivity index (χ1n) is 9.32. The molecule has 0 amide bonds. The minimum atomic E-state index is 0.361. The maximum atomic E-state index is 5.40. The predicted octanol–water partition coefficient (Wildman–Crippen LogP) is 3.41. The molecule has 150 valence electrons. The van der Waals surface area contributed by atoms with E-state index in [0.717, 1.165) is 35.5 Å². The molecule has 1 heterocycles. The van der Waals surface area contributed by atoms with Crippen molar-refractivity contribution in [2.45, 2.75) is 19.0 Å². The van der Waals surface area contributed by atoms with Crippen LogP contribution in [0.15, 0.2) is 51.9 Å². The van der Waals surface area contributed by atoms with Crippen LogP contribution in [0.4, 0.5) is 5.69 Å². The van der Waals surface area contributed by atoms with E-state index in [1.54, 1.807) is 21.3 Å². The molecule has 0 aliphatic carbocycles. The monoisotopic (exact) mass is 446 g/mol. The number of guanidine groups is 1. The number of hydrogen-bond acceptors (Lipinski definition) is 4. The van der Waals surface area contributed by atoms with Gasteiger partial charge in [-0.05, 0) is 36.2 Å². The van der Waals surface area contributed by atoms with E-state index in [0.29, 0.717) is 24.1 Å². The van der Waals surface area contributed by atoms with Crippen molar-refractivity contribution in [2.24, 2.45) is 4.99 Å². The van der Waals surface area contributed by atoms with E-state index in [1.807, 2.05) is 18.2 Å². The van der Waals surface area contributed by atoms with Crippen molar-refractivity contribution in [3.8, 4) is 11.5 Å². The highest BCUT2D eigenvalue weighted by molar-refractivity contribution is 9.10. The van der Waals surface area contributed by atoms with Crippen molar-refractivity contribution >= 4 is 27.6 Å². The van der Waals surface area contributed by atoms with Gasteiger partial charge in [0, 0.05) is 42.9 Å². The van der Waals surface area contributed by atoms with Crippen molar-refractivity contribution in [1.82, 2.24) is 10.6 Å². The second-order valence-corrected chi connectivity index (χ2v) is 7.49. The number of hydrogen-bond donors (Lipinski definition) is 2. The standard InChI is InChI=1S/C21H27BrN4O2/c1-23-21(24-13-15-11-19(27-2)20(28-3)12-18(15)22)25-16-9-10-26(14-16)17-7-5-4-6-8-17/h4-8,11-12,16H,9-10,13-14H2,1-3H3,(H2,23,24,25). The number of nitrogens with zero attached hydrogens (tertiary/aromatic N) is 2. The van der Waals surface area contributed by atoms with Crippen molar-refractivity contribution in [2.75, 3.05) is 39.3 Å². The molecule has 7 heteroatoms. The van der Waals surface area contributed by atoms with E-state index in [9.17, 15) is 0 Å². The molecule has 1 aliphatic rings. The molecular weight excluding hydrogens is 420 g/mol.